The van der Waals surface area contributed by atoms with Crippen LogP contribution in [-0.4, -0.2) is 9.38 Å². The standard InChI is InChI=1S/C16H14N2/c1-2-7-14(8-3-1)9-6-10-15-13-18-12-5-4-11-16(18)17-15/h1-8,10-13H,9H2/b10-6+. The van der Waals surface area contributed by atoms with Gasteiger partial charge in [-0.2, -0.15) is 0 Å². The normalized spacial score (nSPS) is 11.3. The van der Waals surface area contributed by atoms with Crippen LogP contribution >= 0.6 is 0 Å². The lowest BCUT2D eigenvalue weighted by Crippen LogP contribution is -1.78. The van der Waals surface area contributed by atoms with E-state index in [-0.39, 0.29) is 0 Å². The van der Waals surface area contributed by atoms with E-state index in [0.717, 1.165) is 17.8 Å². The lowest BCUT2D eigenvalue weighted by atomic mass is 10.1. The molecule has 2 heteroatoms. The summed E-state index contributed by atoms with van der Waals surface area (Å²) in [5, 5.41) is 0. The molecule has 0 amide bonds. The molecule has 0 aliphatic carbocycles. The second-order valence-electron chi connectivity index (χ2n) is 4.22. The van der Waals surface area contributed by atoms with Gasteiger partial charge in [0.15, 0.2) is 0 Å². The molecule has 0 unspecified atom stereocenters. The molecule has 0 N–H and O–H groups in total. The lowest BCUT2D eigenvalue weighted by Gasteiger charge is -1.93. The number of imidazole rings is 1. The number of pyridine rings is 1. The Labute approximate surface area is 106 Å². The van der Waals surface area contributed by atoms with Crippen LogP contribution in [0.2, 0.25) is 0 Å². The quantitative estimate of drug-likeness (QED) is 0.677. The first-order valence-electron chi connectivity index (χ1n) is 6.06. The summed E-state index contributed by atoms with van der Waals surface area (Å²) in [6.07, 6.45) is 9.21. The van der Waals surface area contributed by atoms with Crippen molar-refractivity contribution in [3.8, 4) is 0 Å². The number of hydrogen-bond donors (Lipinski definition) is 0. The van der Waals surface area contributed by atoms with Crippen LogP contribution in [-0.2, 0) is 6.42 Å². The van der Waals surface area contributed by atoms with E-state index < -0.39 is 0 Å². The average Bonchev–Trinajstić information content (AvgIpc) is 2.82. The van der Waals surface area contributed by atoms with Gasteiger partial charge >= 0.3 is 0 Å². The fourth-order valence-corrected chi connectivity index (χ4v) is 1.96. The predicted octanol–water partition coefficient (Wildman–Crippen LogP) is 3.59. The zero-order chi connectivity index (χ0) is 12.2. The monoisotopic (exact) mass is 234 g/mol. The summed E-state index contributed by atoms with van der Waals surface area (Å²) in [5.41, 5.74) is 3.30. The Balaban J connectivity index is 1.76. The molecule has 0 aliphatic rings. The van der Waals surface area contributed by atoms with Gasteiger partial charge in [-0.1, -0.05) is 42.5 Å². The topological polar surface area (TPSA) is 17.3 Å². The summed E-state index contributed by atoms with van der Waals surface area (Å²) >= 11 is 0. The summed E-state index contributed by atoms with van der Waals surface area (Å²) in [6.45, 7) is 0. The summed E-state index contributed by atoms with van der Waals surface area (Å²) in [6, 6.07) is 16.4. The Bertz CT molecular complexity index is 633. The highest BCUT2D eigenvalue weighted by Gasteiger charge is 1.96. The fourth-order valence-electron chi connectivity index (χ4n) is 1.96. The molecule has 2 nitrogen and oxygen atoms in total. The van der Waals surface area contributed by atoms with E-state index in [0.29, 0.717) is 0 Å². The van der Waals surface area contributed by atoms with Crippen LogP contribution in [0.25, 0.3) is 11.7 Å². The van der Waals surface area contributed by atoms with Gasteiger partial charge in [0, 0.05) is 12.4 Å². The second kappa shape index (κ2) is 4.88. The molecule has 3 aromatic rings. The van der Waals surface area contributed by atoms with Crippen LogP contribution < -0.4 is 0 Å². The zero-order valence-corrected chi connectivity index (χ0v) is 10.0. The van der Waals surface area contributed by atoms with Gasteiger partial charge in [0.1, 0.15) is 5.65 Å². The SMILES string of the molecule is C(=C\c1cn2ccccc2n1)/Cc1ccccc1. The molecule has 1 aromatic carbocycles. The van der Waals surface area contributed by atoms with Crippen LogP contribution in [0.5, 0.6) is 0 Å². The Morgan fingerprint density at radius 1 is 1.00 bits per heavy atom. The second-order valence-corrected chi connectivity index (χ2v) is 4.22. The molecule has 0 aliphatic heterocycles. The summed E-state index contributed by atoms with van der Waals surface area (Å²) < 4.78 is 2.03. The van der Waals surface area contributed by atoms with E-state index in [1.165, 1.54) is 5.56 Å². The third kappa shape index (κ3) is 2.33. The number of benzene rings is 1. The van der Waals surface area contributed by atoms with Crippen molar-refractivity contribution >= 4 is 11.7 Å². The molecule has 0 bridgehead atoms. The average molecular weight is 234 g/mol. The van der Waals surface area contributed by atoms with Crippen LogP contribution in [0.4, 0.5) is 0 Å². The Hall–Kier alpha value is -2.35. The van der Waals surface area contributed by atoms with E-state index in [1.807, 2.05) is 41.1 Å². The molecule has 0 radical (unpaired) electrons. The van der Waals surface area contributed by atoms with Gasteiger partial charge in [-0.3, -0.25) is 0 Å². The molecule has 0 atom stereocenters. The van der Waals surface area contributed by atoms with Gasteiger partial charge < -0.3 is 4.40 Å². The van der Waals surface area contributed by atoms with E-state index in [9.17, 15) is 0 Å². The summed E-state index contributed by atoms with van der Waals surface area (Å²) in [7, 11) is 0. The third-order valence-corrected chi connectivity index (χ3v) is 2.87. The summed E-state index contributed by atoms with van der Waals surface area (Å²) in [4.78, 5) is 4.52. The molecule has 3 rings (SSSR count). The van der Waals surface area contributed by atoms with Gasteiger partial charge in [-0.25, -0.2) is 4.98 Å². The van der Waals surface area contributed by atoms with Crippen molar-refractivity contribution in [3.05, 3.63) is 78.3 Å². The van der Waals surface area contributed by atoms with Crippen molar-refractivity contribution in [1.82, 2.24) is 9.38 Å². The Kier molecular flexibility index (Phi) is 2.92. The number of fused-ring (bicyclic) bond motifs is 1. The molecular weight excluding hydrogens is 220 g/mol. The minimum absolute atomic E-state index is 0.939. The Morgan fingerprint density at radius 3 is 2.67 bits per heavy atom. The minimum Gasteiger partial charge on any atom is -0.306 e. The van der Waals surface area contributed by atoms with Crippen molar-refractivity contribution < 1.29 is 0 Å². The minimum atomic E-state index is 0.939. The maximum Gasteiger partial charge on any atom is 0.137 e. The highest BCUT2D eigenvalue weighted by atomic mass is 15.0. The van der Waals surface area contributed by atoms with E-state index >= 15 is 0 Å². The maximum atomic E-state index is 4.52. The molecule has 0 saturated carbocycles. The molecule has 0 saturated heterocycles. The summed E-state index contributed by atoms with van der Waals surface area (Å²) in [5.74, 6) is 0. The number of nitrogens with zero attached hydrogens (tertiary/aromatic N) is 2. The molecule has 0 spiro atoms. The maximum absolute atomic E-state index is 4.52. The van der Waals surface area contributed by atoms with Gasteiger partial charge in [-0.05, 0) is 30.2 Å². The van der Waals surface area contributed by atoms with Gasteiger partial charge in [-0.15, -0.1) is 0 Å². The van der Waals surface area contributed by atoms with Crippen molar-refractivity contribution in [2.24, 2.45) is 0 Å². The van der Waals surface area contributed by atoms with Crippen molar-refractivity contribution in [2.75, 3.05) is 0 Å². The van der Waals surface area contributed by atoms with Gasteiger partial charge in [0.25, 0.3) is 0 Å². The Morgan fingerprint density at radius 2 is 1.83 bits per heavy atom. The first-order chi connectivity index (χ1) is 8.92. The van der Waals surface area contributed by atoms with Crippen LogP contribution in [0.1, 0.15) is 11.3 Å². The van der Waals surface area contributed by atoms with E-state index in [4.69, 9.17) is 0 Å². The van der Waals surface area contributed by atoms with E-state index in [2.05, 4.69) is 41.4 Å². The smallest absolute Gasteiger partial charge is 0.137 e. The number of rotatable bonds is 3. The van der Waals surface area contributed by atoms with Gasteiger partial charge in [0.05, 0.1) is 5.69 Å². The highest BCUT2D eigenvalue weighted by molar-refractivity contribution is 5.51. The number of allylic oxidation sites excluding steroid dienone is 1. The van der Waals surface area contributed by atoms with Crippen LogP contribution in [0.15, 0.2) is 67.0 Å². The first-order valence-corrected chi connectivity index (χ1v) is 6.06. The number of hydrogen-bond acceptors (Lipinski definition) is 1. The molecule has 2 aromatic heterocycles. The molecular formula is C16H14N2. The lowest BCUT2D eigenvalue weighted by molar-refractivity contribution is 1.19. The molecule has 88 valence electrons. The van der Waals surface area contributed by atoms with Crippen LogP contribution in [0, 0.1) is 0 Å². The predicted molar refractivity (Wildman–Crippen MR) is 74.4 cm³/mol. The molecule has 2 heterocycles. The third-order valence-electron chi connectivity index (χ3n) is 2.87. The fraction of sp³-hybridized carbons (Fsp3) is 0.0625. The van der Waals surface area contributed by atoms with Crippen molar-refractivity contribution in [1.29, 1.82) is 0 Å². The van der Waals surface area contributed by atoms with Gasteiger partial charge in [0.2, 0.25) is 0 Å². The first kappa shape index (κ1) is 10.8. The largest absolute Gasteiger partial charge is 0.306 e. The zero-order valence-electron chi connectivity index (χ0n) is 10.0. The van der Waals surface area contributed by atoms with Crippen molar-refractivity contribution in [3.63, 3.8) is 0 Å². The molecule has 18 heavy (non-hydrogen) atoms. The van der Waals surface area contributed by atoms with Crippen LogP contribution in [0.3, 0.4) is 0 Å². The highest BCUT2D eigenvalue weighted by Crippen LogP contribution is 2.07. The van der Waals surface area contributed by atoms with Crippen molar-refractivity contribution in [2.45, 2.75) is 6.42 Å². The van der Waals surface area contributed by atoms with E-state index in [1.54, 1.807) is 0 Å². The molecule has 0 fully saturated rings. The number of aromatic nitrogens is 2.